The third-order valence-corrected chi connectivity index (χ3v) is 3.52. The number of nitrogens with one attached hydrogen (secondary N) is 1. The van der Waals surface area contributed by atoms with Crippen LogP contribution in [0.1, 0.15) is 25.7 Å². The van der Waals surface area contributed by atoms with Crippen molar-refractivity contribution in [3.63, 3.8) is 0 Å². The average Bonchev–Trinajstić information content (AvgIpc) is 2.64. The van der Waals surface area contributed by atoms with Crippen LogP contribution in [0, 0.1) is 11.8 Å². The first-order valence-corrected chi connectivity index (χ1v) is 5.33. The molecule has 2 aliphatic carbocycles. The van der Waals surface area contributed by atoms with Gasteiger partial charge >= 0.3 is 0 Å². The molecule has 12 heavy (non-hydrogen) atoms. The molecule has 0 radical (unpaired) electrons. The molecule has 0 aliphatic heterocycles. The highest BCUT2D eigenvalue weighted by Gasteiger charge is 2.39. The SMILES string of the molecule is O=C(CS)NC1CC2CCC1C2. The Balaban J connectivity index is 1.86. The van der Waals surface area contributed by atoms with Crippen LogP contribution in [-0.4, -0.2) is 17.7 Å². The van der Waals surface area contributed by atoms with Gasteiger partial charge in [0.2, 0.25) is 5.91 Å². The highest BCUT2D eigenvalue weighted by molar-refractivity contribution is 7.81. The van der Waals surface area contributed by atoms with Crippen LogP contribution in [0.4, 0.5) is 0 Å². The topological polar surface area (TPSA) is 29.1 Å². The summed E-state index contributed by atoms with van der Waals surface area (Å²) in [5.41, 5.74) is 0. The fourth-order valence-electron chi connectivity index (χ4n) is 2.67. The number of hydrogen-bond donors (Lipinski definition) is 2. The number of thiol groups is 1. The lowest BCUT2D eigenvalue weighted by molar-refractivity contribution is -0.119. The van der Waals surface area contributed by atoms with Gasteiger partial charge in [0.05, 0.1) is 5.75 Å². The third-order valence-electron chi connectivity index (χ3n) is 3.23. The smallest absolute Gasteiger partial charge is 0.229 e. The van der Waals surface area contributed by atoms with Gasteiger partial charge in [0.25, 0.3) is 0 Å². The molecule has 2 fully saturated rings. The first-order valence-electron chi connectivity index (χ1n) is 4.70. The molecule has 0 heterocycles. The second kappa shape index (κ2) is 3.29. The molecule has 1 N–H and O–H groups in total. The molecule has 0 saturated heterocycles. The van der Waals surface area contributed by atoms with Crippen molar-refractivity contribution in [2.45, 2.75) is 31.7 Å². The summed E-state index contributed by atoms with van der Waals surface area (Å²) in [5, 5.41) is 3.04. The first-order chi connectivity index (χ1) is 5.79. The second-order valence-electron chi connectivity index (χ2n) is 4.01. The maximum absolute atomic E-state index is 11.1. The van der Waals surface area contributed by atoms with E-state index in [0.717, 1.165) is 11.8 Å². The van der Waals surface area contributed by atoms with Crippen LogP contribution < -0.4 is 5.32 Å². The van der Waals surface area contributed by atoms with Crippen LogP contribution in [-0.2, 0) is 4.79 Å². The van der Waals surface area contributed by atoms with Gasteiger partial charge in [-0.25, -0.2) is 0 Å². The molecule has 2 bridgehead atoms. The van der Waals surface area contributed by atoms with Crippen molar-refractivity contribution in [2.24, 2.45) is 11.8 Å². The van der Waals surface area contributed by atoms with E-state index in [1.807, 2.05) is 0 Å². The summed E-state index contributed by atoms with van der Waals surface area (Å²) in [5.74, 6) is 2.10. The summed E-state index contributed by atoms with van der Waals surface area (Å²) in [4.78, 5) is 11.1. The molecule has 0 aromatic heterocycles. The zero-order chi connectivity index (χ0) is 8.55. The van der Waals surface area contributed by atoms with Crippen molar-refractivity contribution in [1.82, 2.24) is 5.32 Å². The fourth-order valence-corrected chi connectivity index (χ4v) is 2.77. The van der Waals surface area contributed by atoms with Gasteiger partial charge in [-0.2, -0.15) is 12.6 Å². The Morgan fingerprint density at radius 2 is 2.25 bits per heavy atom. The lowest BCUT2D eigenvalue weighted by Crippen LogP contribution is -2.39. The summed E-state index contributed by atoms with van der Waals surface area (Å²) in [6, 6.07) is 0.475. The predicted molar refractivity (Wildman–Crippen MR) is 51.2 cm³/mol. The van der Waals surface area contributed by atoms with E-state index in [4.69, 9.17) is 0 Å². The van der Waals surface area contributed by atoms with Crippen LogP contribution in [0.3, 0.4) is 0 Å². The van der Waals surface area contributed by atoms with Crippen LogP contribution in [0.25, 0.3) is 0 Å². The average molecular weight is 185 g/mol. The Morgan fingerprint density at radius 3 is 2.75 bits per heavy atom. The minimum atomic E-state index is 0.0934. The van der Waals surface area contributed by atoms with Crippen molar-refractivity contribution in [3.05, 3.63) is 0 Å². The fraction of sp³-hybridized carbons (Fsp3) is 0.889. The van der Waals surface area contributed by atoms with Gasteiger partial charge < -0.3 is 5.32 Å². The summed E-state index contributed by atoms with van der Waals surface area (Å²) >= 11 is 3.95. The second-order valence-corrected chi connectivity index (χ2v) is 4.32. The highest BCUT2D eigenvalue weighted by Crippen LogP contribution is 2.44. The van der Waals surface area contributed by atoms with Gasteiger partial charge in [-0.05, 0) is 31.1 Å². The van der Waals surface area contributed by atoms with Crippen LogP contribution in [0.15, 0.2) is 0 Å². The maximum atomic E-state index is 11.1. The minimum Gasteiger partial charge on any atom is -0.352 e. The quantitative estimate of drug-likeness (QED) is 0.622. The molecule has 2 nitrogen and oxygen atoms in total. The Bertz CT molecular complexity index is 195. The monoisotopic (exact) mass is 185 g/mol. The van der Waals surface area contributed by atoms with E-state index in [1.54, 1.807) is 0 Å². The van der Waals surface area contributed by atoms with Crippen molar-refractivity contribution in [1.29, 1.82) is 0 Å². The lowest BCUT2D eigenvalue weighted by Gasteiger charge is -2.22. The number of rotatable bonds is 2. The standard InChI is InChI=1S/C9H15NOS/c11-9(5-12)10-8-4-6-1-2-7(8)3-6/h6-8,12H,1-5H2,(H,10,11). The van der Waals surface area contributed by atoms with E-state index in [-0.39, 0.29) is 5.91 Å². The van der Waals surface area contributed by atoms with E-state index in [9.17, 15) is 4.79 Å². The van der Waals surface area contributed by atoms with E-state index < -0.39 is 0 Å². The van der Waals surface area contributed by atoms with Crippen molar-refractivity contribution < 1.29 is 4.79 Å². The molecule has 0 spiro atoms. The molecule has 68 valence electrons. The molecule has 2 aliphatic rings. The number of carbonyl (C=O) groups excluding carboxylic acids is 1. The van der Waals surface area contributed by atoms with Crippen LogP contribution in [0.5, 0.6) is 0 Å². The number of hydrogen-bond acceptors (Lipinski definition) is 2. The van der Waals surface area contributed by atoms with E-state index in [1.165, 1.54) is 25.7 Å². The highest BCUT2D eigenvalue weighted by atomic mass is 32.1. The normalized spacial score (nSPS) is 38.6. The van der Waals surface area contributed by atoms with Gasteiger partial charge in [0.1, 0.15) is 0 Å². The molecule has 0 aromatic rings. The Labute approximate surface area is 78.5 Å². The molecule has 3 heteroatoms. The molecule has 2 saturated carbocycles. The Hall–Kier alpha value is -0.180. The summed E-state index contributed by atoms with van der Waals surface area (Å²) in [6.45, 7) is 0. The third kappa shape index (κ3) is 1.47. The van der Waals surface area contributed by atoms with Gasteiger partial charge in [0.15, 0.2) is 0 Å². The molecule has 2 rings (SSSR count). The van der Waals surface area contributed by atoms with Crippen molar-refractivity contribution in [3.8, 4) is 0 Å². The summed E-state index contributed by atoms with van der Waals surface area (Å²) < 4.78 is 0. The molecule has 1 amide bonds. The van der Waals surface area contributed by atoms with E-state index in [2.05, 4.69) is 17.9 Å². The zero-order valence-electron chi connectivity index (χ0n) is 7.12. The predicted octanol–water partition coefficient (Wildman–Crippen LogP) is 1.22. The van der Waals surface area contributed by atoms with E-state index in [0.29, 0.717) is 11.8 Å². The largest absolute Gasteiger partial charge is 0.352 e. The Kier molecular flexibility index (Phi) is 2.31. The van der Waals surface area contributed by atoms with E-state index >= 15 is 0 Å². The molecular formula is C9H15NOS. The summed E-state index contributed by atoms with van der Waals surface area (Å²) in [6.07, 6.45) is 5.27. The van der Waals surface area contributed by atoms with Gasteiger partial charge in [-0.1, -0.05) is 6.42 Å². The molecule has 0 aromatic carbocycles. The number of fused-ring (bicyclic) bond motifs is 2. The zero-order valence-corrected chi connectivity index (χ0v) is 8.02. The number of carbonyl (C=O) groups is 1. The summed E-state index contributed by atoms with van der Waals surface area (Å²) in [7, 11) is 0. The minimum absolute atomic E-state index is 0.0934. The molecule has 3 unspecified atom stereocenters. The van der Waals surface area contributed by atoms with Gasteiger partial charge in [-0.15, -0.1) is 0 Å². The molecule has 3 atom stereocenters. The molecular weight excluding hydrogens is 170 g/mol. The first kappa shape index (κ1) is 8.42. The number of amides is 1. The van der Waals surface area contributed by atoms with Crippen LogP contribution >= 0.6 is 12.6 Å². The lowest BCUT2D eigenvalue weighted by atomic mass is 9.95. The van der Waals surface area contributed by atoms with Gasteiger partial charge in [0, 0.05) is 6.04 Å². The van der Waals surface area contributed by atoms with Crippen molar-refractivity contribution in [2.75, 3.05) is 5.75 Å². The van der Waals surface area contributed by atoms with Crippen LogP contribution in [0.2, 0.25) is 0 Å². The Morgan fingerprint density at radius 1 is 1.42 bits per heavy atom. The van der Waals surface area contributed by atoms with Crippen molar-refractivity contribution >= 4 is 18.5 Å². The van der Waals surface area contributed by atoms with Gasteiger partial charge in [-0.3, -0.25) is 4.79 Å². The maximum Gasteiger partial charge on any atom is 0.229 e.